The molecule has 10 aliphatic heterocycles. The molecule has 1 spiro atoms. The SMILES string of the molecule is C#Cc1ccccc1C(=O)[C]12[CH]3[CH]4[CH]5[CH]1[Fe]45321678[CH]2[CH]1[CH]6[CH]7[CH]28. The zero-order valence-electron chi connectivity index (χ0n) is 11.3. The summed E-state index contributed by atoms with van der Waals surface area (Å²) in [5.41, 5.74) is 1.78. The van der Waals surface area contributed by atoms with Crippen LogP contribution in [0.2, 0.25) is 47.7 Å². The first-order valence-corrected chi connectivity index (χ1v) is 14.6. The molecule has 1 aromatic rings. The van der Waals surface area contributed by atoms with Crippen molar-refractivity contribution in [2.24, 2.45) is 0 Å². The second-order valence-electron chi connectivity index (χ2n) is 11.7. The molecule has 0 radical (unpaired) electrons. The number of terminal acetylenes is 1. The summed E-state index contributed by atoms with van der Waals surface area (Å²) in [6, 6.07) is 7.99. The van der Waals surface area contributed by atoms with Crippen molar-refractivity contribution in [3.05, 3.63) is 35.4 Å². The minimum atomic E-state index is -3.31. The van der Waals surface area contributed by atoms with Gasteiger partial charge >= 0.3 is 112 Å². The maximum absolute atomic E-state index is 13.7. The number of hydrogen-bond donors (Lipinski definition) is 0. The third-order valence-corrected chi connectivity index (χ3v) is 58.6. The van der Waals surface area contributed by atoms with E-state index >= 15 is 0 Å². The number of rotatable bonds is 2. The number of carbonyl (C=O) groups excluding carboxylic acids is 1. The van der Waals surface area contributed by atoms with Crippen LogP contribution in [0.5, 0.6) is 0 Å². The summed E-state index contributed by atoms with van der Waals surface area (Å²) in [6.45, 7) is -3.31. The Labute approximate surface area is 112 Å². The predicted octanol–water partition coefficient (Wildman–Crippen LogP) is 4.61. The van der Waals surface area contributed by atoms with Crippen molar-refractivity contribution in [2.45, 2.75) is 47.7 Å². The second kappa shape index (κ2) is 0.740. The molecule has 21 heavy (non-hydrogen) atoms. The van der Waals surface area contributed by atoms with E-state index in [0.717, 1.165) is 20.8 Å². The van der Waals surface area contributed by atoms with E-state index < -0.39 is 6.51 Å². The summed E-state index contributed by atoms with van der Waals surface area (Å²) in [7, 11) is 0. The van der Waals surface area contributed by atoms with Gasteiger partial charge in [-0.3, -0.25) is 0 Å². The van der Waals surface area contributed by atoms with Crippen molar-refractivity contribution in [3.8, 4) is 12.3 Å². The van der Waals surface area contributed by atoms with Crippen LogP contribution in [-0.2, 0) is 6.51 Å². The van der Waals surface area contributed by atoms with E-state index in [2.05, 4.69) is 5.92 Å². The van der Waals surface area contributed by atoms with Crippen LogP contribution < -0.4 is 0 Å². The molecule has 4 unspecified atom stereocenters. The molecule has 0 N–H and O–H groups in total. The molecular weight excluding hydrogens is 300 g/mol. The first-order chi connectivity index (χ1) is 10.0. The molecule has 10 saturated heterocycles. The molecule has 2 heteroatoms. The van der Waals surface area contributed by atoms with Gasteiger partial charge in [-0.05, 0) is 0 Å². The molecule has 0 aliphatic carbocycles. The van der Waals surface area contributed by atoms with Gasteiger partial charge in [0.15, 0.2) is 0 Å². The van der Waals surface area contributed by atoms with Gasteiger partial charge in [0.05, 0.1) is 0 Å². The van der Waals surface area contributed by atoms with Crippen LogP contribution in [0.25, 0.3) is 0 Å². The van der Waals surface area contributed by atoms with Crippen molar-refractivity contribution >= 4 is 5.78 Å². The Morgan fingerprint density at radius 2 is 1.57 bits per heavy atom. The van der Waals surface area contributed by atoms with E-state index in [4.69, 9.17) is 6.42 Å². The molecule has 10 heterocycles. The zero-order valence-corrected chi connectivity index (χ0v) is 12.4. The van der Waals surface area contributed by atoms with Crippen molar-refractivity contribution in [3.63, 3.8) is 0 Å². The zero-order chi connectivity index (χ0) is 13.3. The van der Waals surface area contributed by atoms with E-state index in [1.165, 1.54) is 33.7 Å². The predicted molar refractivity (Wildman–Crippen MR) is 75.2 cm³/mol. The van der Waals surface area contributed by atoms with Gasteiger partial charge < -0.3 is 0 Å². The average molecular weight is 314 g/mol. The van der Waals surface area contributed by atoms with Crippen LogP contribution in [0.1, 0.15) is 15.9 Å². The van der Waals surface area contributed by atoms with Gasteiger partial charge in [0.1, 0.15) is 0 Å². The van der Waals surface area contributed by atoms with E-state index in [0.29, 0.717) is 10.1 Å². The second-order valence-corrected chi connectivity index (χ2v) is 35.3. The van der Waals surface area contributed by atoms with Gasteiger partial charge in [0.2, 0.25) is 0 Å². The van der Waals surface area contributed by atoms with Gasteiger partial charge in [0, 0.05) is 0 Å². The van der Waals surface area contributed by atoms with Crippen LogP contribution in [-0.4, -0.2) is 5.78 Å². The van der Waals surface area contributed by atoms with Gasteiger partial charge in [-0.15, -0.1) is 0 Å². The molecule has 1 aromatic carbocycles. The Hall–Kier alpha value is -1.03. The number of hydrogen-bond acceptors (Lipinski definition) is 1. The average Bonchev–Trinajstić information content (AvgIpc) is 3.47. The number of fused-ring (bicyclic) bond motifs is 10. The third-order valence-electron chi connectivity index (χ3n) is 16.4. The summed E-state index contributed by atoms with van der Waals surface area (Å²) >= 11 is 0. The van der Waals surface area contributed by atoms with Crippen LogP contribution >= 0.6 is 0 Å². The van der Waals surface area contributed by atoms with Gasteiger partial charge in [0.25, 0.3) is 0 Å². The monoisotopic (exact) mass is 314 g/mol. The van der Waals surface area contributed by atoms with Crippen molar-refractivity contribution in [1.29, 1.82) is 0 Å². The summed E-state index contributed by atoms with van der Waals surface area (Å²) in [5.74, 6) is 3.35. The Morgan fingerprint density at radius 3 is 2.00 bits per heavy atom. The molecular formula is C19H14FeO. The fraction of sp³-hybridized carbons (Fsp3) is 0.526. The van der Waals surface area contributed by atoms with Crippen LogP contribution in [0.3, 0.4) is 0 Å². The molecule has 10 aliphatic rings. The summed E-state index contributed by atoms with van der Waals surface area (Å²) in [6.07, 6.45) is 5.68. The molecule has 0 bridgehead atoms. The standard InChI is InChI=1S/C14H9O.C5H5.Fe/c1-2-11-7-5-6-10-13(11)14(15)12-8-3-4-9-12;1-2-4-5-3-1;/h1,3-10H;1-5H;. The minimum absolute atomic E-state index is 0.312. The van der Waals surface area contributed by atoms with Crippen LogP contribution in [0, 0.1) is 12.3 Å². The number of Topliss-reactive ketones (excluding diaryl/α,β-unsaturated/α-hetero) is 1. The molecule has 1 nitrogen and oxygen atoms in total. The van der Waals surface area contributed by atoms with Crippen molar-refractivity contribution < 1.29 is 11.3 Å². The quantitative estimate of drug-likeness (QED) is 0.442. The molecule has 104 valence electrons. The van der Waals surface area contributed by atoms with Crippen molar-refractivity contribution in [1.82, 2.24) is 0 Å². The van der Waals surface area contributed by atoms with Gasteiger partial charge in [-0.2, -0.15) is 0 Å². The molecule has 0 amide bonds. The Kier molecular flexibility index (Phi) is 0.282. The summed E-state index contributed by atoms with van der Waals surface area (Å²) in [5, 5.41) is 0. The first kappa shape index (κ1) is 8.00. The third kappa shape index (κ3) is 0.0989. The molecule has 0 saturated carbocycles. The molecule has 11 rings (SSSR count). The fourth-order valence-corrected chi connectivity index (χ4v) is 91.6. The maximum atomic E-state index is 13.7. The van der Waals surface area contributed by atoms with E-state index in [1.807, 2.05) is 24.3 Å². The number of ketones is 1. The fourth-order valence-electron chi connectivity index (χ4n) is 17.8. The summed E-state index contributed by atoms with van der Waals surface area (Å²) in [4.78, 5) is 24.2. The van der Waals surface area contributed by atoms with Crippen LogP contribution in [0.4, 0.5) is 0 Å². The molecule has 0 aromatic heterocycles. The topological polar surface area (TPSA) is 17.1 Å². The Morgan fingerprint density at radius 1 is 1.00 bits per heavy atom. The Balaban J connectivity index is 1.38. The molecule has 4 atom stereocenters. The summed E-state index contributed by atoms with van der Waals surface area (Å²) < 4.78 is 0.312. The van der Waals surface area contributed by atoms with Gasteiger partial charge in [-0.1, -0.05) is 0 Å². The van der Waals surface area contributed by atoms with Crippen molar-refractivity contribution in [2.75, 3.05) is 0 Å². The van der Waals surface area contributed by atoms with E-state index in [-0.39, 0.29) is 0 Å². The van der Waals surface area contributed by atoms with Gasteiger partial charge in [-0.25, -0.2) is 0 Å². The number of benzene rings is 1. The number of carbonyl (C=O) groups is 1. The van der Waals surface area contributed by atoms with E-state index in [9.17, 15) is 4.79 Å². The van der Waals surface area contributed by atoms with E-state index in [1.54, 1.807) is 0 Å². The molecule has 10 fully saturated rings. The normalized spacial score (nSPS) is 98.0. The van der Waals surface area contributed by atoms with Crippen LogP contribution in [0.15, 0.2) is 24.3 Å². The Bertz CT molecular complexity index is 1270. The first-order valence-electron chi connectivity index (χ1n) is 8.33.